The van der Waals surface area contributed by atoms with E-state index in [0.717, 1.165) is 32.2 Å². The summed E-state index contributed by atoms with van der Waals surface area (Å²) in [4.78, 5) is 11.8. The van der Waals surface area contributed by atoms with Crippen LogP contribution in [0.1, 0.15) is 25.7 Å². The van der Waals surface area contributed by atoms with Gasteiger partial charge in [0.1, 0.15) is 0 Å². The molecule has 2 fully saturated rings. The first-order valence-corrected chi connectivity index (χ1v) is 5.87. The summed E-state index contributed by atoms with van der Waals surface area (Å²) in [7, 11) is 0. The lowest BCUT2D eigenvalue weighted by Crippen LogP contribution is -2.50. The molecule has 1 saturated heterocycles. The molecular formula is C11H20N2O2. The van der Waals surface area contributed by atoms with Gasteiger partial charge in [-0.2, -0.15) is 0 Å². The molecule has 1 saturated carbocycles. The van der Waals surface area contributed by atoms with Crippen LogP contribution in [0.3, 0.4) is 0 Å². The topological polar surface area (TPSA) is 64.4 Å². The second-order valence-corrected chi connectivity index (χ2v) is 4.70. The Kier molecular flexibility index (Phi) is 3.59. The van der Waals surface area contributed by atoms with Crippen molar-refractivity contribution >= 4 is 5.91 Å². The largest absolute Gasteiger partial charge is 0.377 e. The molecule has 0 spiro atoms. The third-order valence-electron chi connectivity index (χ3n) is 3.54. The molecule has 0 aromatic rings. The van der Waals surface area contributed by atoms with E-state index in [2.05, 4.69) is 5.32 Å². The Labute approximate surface area is 90.5 Å². The normalized spacial score (nSPS) is 32.1. The maximum Gasteiger partial charge on any atom is 0.223 e. The number of hydrogen-bond acceptors (Lipinski definition) is 3. The minimum absolute atomic E-state index is 0.216. The van der Waals surface area contributed by atoms with Crippen molar-refractivity contribution in [2.24, 2.45) is 17.6 Å². The summed E-state index contributed by atoms with van der Waals surface area (Å²) in [6, 6.07) is 0.268. The van der Waals surface area contributed by atoms with E-state index in [1.54, 1.807) is 0 Å². The number of nitrogens with one attached hydrogen (secondary N) is 1. The predicted octanol–water partition coefficient (Wildman–Crippen LogP) is 0.266. The molecule has 1 aliphatic heterocycles. The van der Waals surface area contributed by atoms with Crippen LogP contribution in [-0.2, 0) is 9.53 Å². The van der Waals surface area contributed by atoms with E-state index in [1.165, 1.54) is 0 Å². The van der Waals surface area contributed by atoms with Crippen LogP contribution in [0, 0.1) is 11.8 Å². The van der Waals surface area contributed by atoms with Crippen molar-refractivity contribution in [3.05, 3.63) is 0 Å². The zero-order chi connectivity index (χ0) is 10.7. The first-order valence-electron chi connectivity index (χ1n) is 5.87. The number of ether oxygens (including phenoxy) is 1. The highest BCUT2D eigenvalue weighted by Gasteiger charge is 2.28. The van der Waals surface area contributed by atoms with Gasteiger partial charge in [-0.15, -0.1) is 0 Å². The summed E-state index contributed by atoms with van der Waals surface area (Å²) in [6.45, 7) is 2.14. The van der Waals surface area contributed by atoms with Crippen LogP contribution in [0.5, 0.6) is 0 Å². The average Bonchev–Trinajstić information content (AvgIpc) is 2.23. The minimum Gasteiger partial charge on any atom is -0.377 e. The molecule has 15 heavy (non-hydrogen) atoms. The molecule has 4 heteroatoms. The van der Waals surface area contributed by atoms with Crippen molar-refractivity contribution in [3.63, 3.8) is 0 Å². The van der Waals surface area contributed by atoms with Crippen LogP contribution >= 0.6 is 0 Å². The molecular weight excluding hydrogens is 192 g/mol. The lowest BCUT2D eigenvalue weighted by molar-refractivity contribution is -0.130. The van der Waals surface area contributed by atoms with Crippen LogP contribution in [0.4, 0.5) is 0 Å². The van der Waals surface area contributed by atoms with Crippen molar-refractivity contribution in [2.45, 2.75) is 31.7 Å². The number of carbonyl (C=O) groups is 1. The van der Waals surface area contributed by atoms with E-state index < -0.39 is 0 Å². The molecule has 0 radical (unpaired) electrons. The highest BCUT2D eigenvalue weighted by Crippen LogP contribution is 2.28. The van der Waals surface area contributed by atoms with Gasteiger partial charge in [-0.25, -0.2) is 0 Å². The number of rotatable bonds is 3. The van der Waals surface area contributed by atoms with Gasteiger partial charge < -0.3 is 15.8 Å². The lowest BCUT2D eigenvalue weighted by atomic mass is 9.81. The average molecular weight is 212 g/mol. The van der Waals surface area contributed by atoms with Crippen molar-refractivity contribution in [3.8, 4) is 0 Å². The molecule has 1 amide bonds. The van der Waals surface area contributed by atoms with E-state index in [-0.39, 0.29) is 17.9 Å². The van der Waals surface area contributed by atoms with Crippen molar-refractivity contribution in [1.82, 2.24) is 5.32 Å². The van der Waals surface area contributed by atoms with Gasteiger partial charge in [0.15, 0.2) is 0 Å². The summed E-state index contributed by atoms with van der Waals surface area (Å²) in [6.07, 6.45) is 4.22. The van der Waals surface area contributed by atoms with Gasteiger partial charge >= 0.3 is 0 Å². The quantitative estimate of drug-likeness (QED) is 0.705. The molecule has 4 nitrogen and oxygen atoms in total. The fraction of sp³-hybridized carbons (Fsp3) is 0.909. The first-order chi connectivity index (χ1) is 7.29. The smallest absolute Gasteiger partial charge is 0.223 e. The monoisotopic (exact) mass is 212 g/mol. The van der Waals surface area contributed by atoms with Crippen molar-refractivity contribution < 1.29 is 9.53 Å². The van der Waals surface area contributed by atoms with Gasteiger partial charge in [0.05, 0.1) is 19.3 Å². The minimum atomic E-state index is 0.216. The van der Waals surface area contributed by atoms with Crippen LogP contribution in [0.15, 0.2) is 0 Å². The van der Waals surface area contributed by atoms with Crippen LogP contribution in [-0.4, -0.2) is 31.7 Å². The molecule has 0 unspecified atom stereocenters. The molecule has 2 aliphatic rings. The van der Waals surface area contributed by atoms with Gasteiger partial charge in [-0.3, -0.25) is 4.79 Å². The van der Waals surface area contributed by atoms with E-state index in [9.17, 15) is 4.79 Å². The van der Waals surface area contributed by atoms with Crippen LogP contribution in [0.25, 0.3) is 0 Å². The van der Waals surface area contributed by atoms with E-state index in [0.29, 0.717) is 19.1 Å². The third kappa shape index (κ3) is 2.69. The summed E-state index contributed by atoms with van der Waals surface area (Å²) in [5.74, 6) is 1.08. The number of carbonyl (C=O) groups excluding carboxylic acids is 1. The van der Waals surface area contributed by atoms with E-state index in [1.807, 2.05) is 0 Å². The predicted molar refractivity (Wildman–Crippen MR) is 57.3 cm³/mol. The zero-order valence-corrected chi connectivity index (χ0v) is 9.08. The Bertz CT molecular complexity index is 221. The van der Waals surface area contributed by atoms with E-state index in [4.69, 9.17) is 10.5 Å². The highest BCUT2D eigenvalue weighted by molar-refractivity contribution is 5.79. The number of hydrogen-bond donors (Lipinski definition) is 2. The molecule has 0 atom stereocenters. The summed E-state index contributed by atoms with van der Waals surface area (Å²) < 4.78 is 5.03. The molecule has 0 aromatic carbocycles. The van der Waals surface area contributed by atoms with Gasteiger partial charge in [0.25, 0.3) is 0 Å². The molecule has 0 aromatic heterocycles. The zero-order valence-electron chi connectivity index (χ0n) is 9.08. The molecule has 1 heterocycles. The fourth-order valence-electron chi connectivity index (χ4n) is 2.30. The molecule has 86 valence electrons. The Hall–Kier alpha value is -0.610. The standard InChI is InChI=1S/C11H20N2O2/c12-5-8-1-3-9(4-2-8)11(14)13-10-6-15-7-10/h8-10H,1-7,12H2,(H,13,14). The van der Waals surface area contributed by atoms with Gasteiger partial charge in [0.2, 0.25) is 5.91 Å². The SMILES string of the molecule is NCC1CCC(C(=O)NC2COC2)CC1. The fourth-order valence-corrected chi connectivity index (χ4v) is 2.30. The Balaban J connectivity index is 1.71. The molecule has 2 rings (SSSR count). The van der Waals surface area contributed by atoms with Crippen molar-refractivity contribution in [2.75, 3.05) is 19.8 Å². The van der Waals surface area contributed by atoms with E-state index >= 15 is 0 Å². The summed E-state index contributed by atoms with van der Waals surface area (Å²) >= 11 is 0. The second-order valence-electron chi connectivity index (χ2n) is 4.70. The second kappa shape index (κ2) is 4.94. The van der Waals surface area contributed by atoms with Gasteiger partial charge in [0, 0.05) is 5.92 Å². The molecule has 0 bridgehead atoms. The number of amides is 1. The molecule has 3 N–H and O–H groups in total. The summed E-state index contributed by atoms with van der Waals surface area (Å²) in [5.41, 5.74) is 5.62. The van der Waals surface area contributed by atoms with Crippen molar-refractivity contribution in [1.29, 1.82) is 0 Å². The van der Waals surface area contributed by atoms with Gasteiger partial charge in [-0.1, -0.05) is 0 Å². The Morgan fingerprint density at radius 2 is 1.93 bits per heavy atom. The van der Waals surface area contributed by atoms with Crippen LogP contribution < -0.4 is 11.1 Å². The maximum atomic E-state index is 11.8. The summed E-state index contributed by atoms with van der Waals surface area (Å²) in [5, 5.41) is 3.02. The maximum absolute atomic E-state index is 11.8. The highest BCUT2D eigenvalue weighted by atomic mass is 16.5. The Morgan fingerprint density at radius 3 is 2.40 bits per heavy atom. The third-order valence-corrected chi connectivity index (χ3v) is 3.54. The lowest BCUT2D eigenvalue weighted by Gasteiger charge is -2.31. The Morgan fingerprint density at radius 1 is 1.27 bits per heavy atom. The van der Waals surface area contributed by atoms with Gasteiger partial charge in [-0.05, 0) is 38.1 Å². The first kappa shape index (κ1) is 10.9. The van der Waals surface area contributed by atoms with Crippen LogP contribution in [0.2, 0.25) is 0 Å². The molecule has 1 aliphatic carbocycles. The number of nitrogens with two attached hydrogens (primary N) is 1.